The number of aromatic nitrogens is 1. The normalized spacial score (nSPS) is 15.7. The summed E-state index contributed by atoms with van der Waals surface area (Å²) in [5.74, 6) is 4.63. The van der Waals surface area contributed by atoms with Crippen molar-refractivity contribution in [1.82, 2.24) is 4.98 Å². The molecular formula is C30H39NO5S2. The van der Waals surface area contributed by atoms with Crippen molar-refractivity contribution >= 4 is 34.3 Å². The molecule has 2 aromatic carbocycles. The smallest absolute Gasteiger partial charge is 0.187 e. The molecule has 0 saturated carbocycles. The average Bonchev–Trinajstić information content (AvgIpc) is 2.98. The molecule has 3 heterocycles. The summed E-state index contributed by atoms with van der Waals surface area (Å²) in [6.07, 6.45) is 4.94. The molecule has 2 bridgehead atoms. The largest absolute Gasteiger partial charge is 0.488 e. The van der Waals surface area contributed by atoms with Crippen LogP contribution in [0, 0.1) is 0 Å². The van der Waals surface area contributed by atoms with Crippen molar-refractivity contribution in [2.45, 2.75) is 49.8 Å². The Hall–Kier alpha value is -1.81. The van der Waals surface area contributed by atoms with Crippen LogP contribution in [0.4, 0.5) is 0 Å². The fourth-order valence-corrected chi connectivity index (χ4v) is 6.44. The minimum absolute atomic E-state index is 0.229. The lowest BCUT2D eigenvalue weighted by Gasteiger charge is -2.24. The summed E-state index contributed by atoms with van der Waals surface area (Å²) >= 11 is 3.82. The van der Waals surface area contributed by atoms with E-state index in [1.54, 1.807) is 21.3 Å². The second-order valence-electron chi connectivity index (χ2n) is 9.31. The molecule has 5 rings (SSSR count). The van der Waals surface area contributed by atoms with Crippen LogP contribution in [0.5, 0.6) is 5.75 Å². The van der Waals surface area contributed by atoms with Gasteiger partial charge in [0.05, 0.1) is 24.5 Å². The van der Waals surface area contributed by atoms with Gasteiger partial charge < -0.3 is 23.7 Å². The van der Waals surface area contributed by atoms with Gasteiger partial charge in [0.2, 0.25) is 0 Å². The zero-order valence-electron chi connectivity index (χ0n) is 22.6. The predicted octanol–water partition coefficient (Wildman–Crippen LogP) is 6.79. The zero-order chi connectivity index (χ0) is 26.6. The highest BCUT2D eigenvalue weighted by atomic mass is 32.2. The highest BCUT2D eigenvalue weighted by Crippen LogP contribution is 2.37. The van der Waals surface area contributed by atoms with Gasteiger partial charge in [-0.3, -0.25) is 4.98 Å². The van der Waals surface area contributed by atoms with Gasteiger partial charge in [0.1, 0.15) is 18.5 Å². The first-order chi connectivity index (χ1) is 18.7. The van der Waals surface area contributed by atoms with Crippen LogP contribution >= 0.6 is 23.5 Å². The Morgan fingerprint density at radius 3 is 2.37 bits per heavy atom. The fourth-order valence-electron chi connectivity index (χ4n) is 4.49. The number of methoxy groups -OCH3 is 3. The number of ether oxygens (including phenoxy) is 5. The minimum atomic E-state index is -0.525. The lowest BCUT2D eigenvalue weighted by Crippen LogP contribution is -2.27. The molecule has 2 aliphatic heterocycles. The molecule has 2 aliphatic rings. The Balaban J connectivity index is 1.46. The van der Waals surface area contributed by atoms with Gasteiger partial charge in [0, 0.05) is 39.0 Å². The number of hydrogen-bond acceptors (Lipinski definition) is 8. The summed E-state index contributed by atoms with van der Waals surface area (Å²) in [5, 5.41) is 2.44. The van der Waals surface area contributed by atoms with E-state index >= 15 is 0 Å². The maximum absolute atomic E-state index is 6.48. The van der Waals surface area contributed by atoms with Gasteiger partial charge in [0.25, 0.3) is 0 Å². The minimum Gasteiger partial charge on any atom is -0.488 e. The number of hydrogen-bond donors (Lipinski definition) is 0. The van der Waals surface area contributed by atoms with Crippen molar-refractivity contribution in [1.29, 1.82) is 0 Å². The second kappa shape index (κ2) is 15.7. The van der Waals surface area contributed by atoms with Crippen molar-refractivity contribution in [3.63, 3.8) is 0 Å². The maximum atomic E-state index is 6.48. The molecule has 0 saturated heterocycles. The molecular weight excluding hydrogens is 518 g/mol. The average molecular weight is 558 g/mol. The highest BCUT2D eigenvalue weighted by Gasteiger charge is 2.25. The fraction of sp³-hybridized carbons (Fsp3) is 0.500. The first-order valence-corrected chi connectivity index (χ1v) is 15.5. The Labute approximate surface area is 235 Å². The van der Waals surface area contributed by atoms with E-state index in [9.17, 15) is 0 Å². The van der Waals surface area contributed by atoms with E-state index < -0.39 is 6.29 Å². The third-order valence-corrected chi connectivity index (χ3v) is 8.75. The molecule has 0 amide bonds. The zero-order valence-corrected chi connectivity index (χ0v) is 24.3. The summed E-state index contributed by atoms with van der Waals surface area (Å²) < 4.78 is 29.7. The third-order valence-electron chi connectivity index (χ3n) is 6.60. The van der Waals surface area contributed by atoms with Crippen molar-refractivity contribution in [2.75, 3.05) is 46.0 Å². The molecule has 206 valence electrons. The number of rotatable bonds is 11. The molecule has 8 heteroatoms. The molecule has 6 nitrogen and oxygen atoms in total. The quantitative estimate of drug-likeness (QED) is 0.239. The molecule has 0 N–H and O–H groups in total. The number of nitrogens with zero attached hydrogens (tertiary/aromatic N) is 1. The summed E-state index contributed by atoms with van der Waals surface area (Å²) in [6.45, 7) is 1.28. The number of fused-ring (bicyclic) bond motifs is 11. The summed E-state index contributed by atoms with van der Waals surface area (Å²) in [7, 11) is 5.02. The lowest BCUT2D eigenvalue weighted by molar-refractivity contribution is -0.108. The predicted molar refractivity (Wildman–Crippen MR) is 157 cm³/mol. The van der Waals surface area contributed by atoms with Crippen LogP contribution in [-0.4, -0.2) is 57.1 Å². The topological polar surface area (TPSA) is 59.0 Å². The van der Waals surface area contributed by atoms with Gasteiger partial charge >= 0.3 is 0 Å². The van der Waals surface area contributed by atoms with Crippen molar-refractivity contribution in [3.05, 3.63) is 71.0 Å². The van der Waals surface area contributed by atoms with Crippen LogP contribution in [0.2, 0.25) is 0 Å². The van der Waals surface area contributed by atoms with E-state index in [0.717, 1.165) is 51.1 Å². The Morgan fingerprint density at radius 1 is 0.842 bits per heavy atom. The molecule has 0 unspecified atom stereocenters. The summed E-state index contributed by atoms with van der Waals surface area (Å²) in [5.41, 5.74) is 4.08. The summed E-state index contributed by atoms with van der Waals surface area (Å²) in [6, 6.07) is 14.8. The molecule has 1 atom stereocenters. The Bertz CT molecular complexity index is 1140. The lowest BCUT2D eigenvalue weighted by atomic mass is 10.1. The molecule has 1 aromatic heterocycles. The van der Waals surface area contributed by atoms with Gasteiger partial charge in [-0.05, 0) is 52.3 Å². The van der Waals surface area contributed by atoms with E-state index in [2.05, 4.69) is 42.5 Å². The van der Waals surface area contributed by atoms with Crippen LogP contribution in [0.15, 0.2) is 48.7 Å². The van der Waals surface area contributed by atoms with Gasteiger partial charge in [-0.25, -0.2) is 0 Å². The molecule has 0 radical (unpaired) electrons. The van der Waals surface area contributed by atoms with E-state index in [4.69, 9.17) is 28.7 Å². The first kappa shape index (κ1) is 29.2. The van der Waals surface area contributed by atoms with Gasteiger partial charge in [-0.2, -0.15) is 23.5 Å². The maximum Gasteiger partial charge on any atom is 0.187 e. The van der Waals surface area contributed by atoms with E-state index in [-0.39, 0.29) is 6.10 Å². The molecule has 38 heavy (non-hydrogen) atoms. The molecule has 0 spiro atoms. The van der Waals surface area contributed by atoms with Gasteiger partial charge in [0.15, 0.2) is 6.29 Å². The standard InChI is InChI=1S/C30H39NO5S2/c1-32-26(18-35-17-22-11-12-23-9-5-6-10-24(23)15-22)19-36-29-27-21-38-14-8-4-7-13-37-20-25(16-31-27)28(29)30(33-2)34-3/h5-6,9-12,15-16,26,30H,4,7-8,13-14,17-21H2,1-3H3/t26-/m0/s1. The molecule has 0 aliphatic carbocycles. The second-order valence-corrected chi connectivity index (χ2v) is 11.5. The monoisotopic (exact) mass is 557 g/mol. The number of benzene rings is 2. The molecule has 0 fully saturated rings. The van der Waals surface area contributed by atoms with Crippen LogP contribution in [-0.2, 0) is 37.1 Å². The van der Waals surface area contributed by atoms with Crippen LogP contribution in [0.3, 0.4) is 0 Å². The van der Waals surface area contributed by atoms with Crippen molar-refractivity contribution in [3.8, 4) is 5.75 Å². The van der Waals surface area contributed by atoms with E-state index in [0.29, 0.717) is 19.8 Å². The third kappa shape index (κ3) is 8.10. The highest BCUT2D eigenvalue weighted by molar-refractivity contribution is 7.98. The van der Waals surface area contributed by atoms with Crippen LogP contribution in [0.25, 0.3) is 10.8 Å². The Morgan fingerprint density at radius 2 is 1.61 bits per heavy atom. The van der Waals surface area contributed by atoms with Gasteiger partial charge in [-0.15, -0.1) is 0 Å². The van der Waals surface area contributed by atoms with Crippen LogP contribution < -0.4 is 4.74 Å². The SMILES string of the molecule is COC(OC)c1c2cnc(c1OC[C@H](COCc1ccc3ccccc3c1)OC)CSCCCCCSC2. The van der Waals surface area contributed by atoms with E-state index in [1.165, 1.54) is 30.0 Å². The van der Waals surface area contributed by atoms with E-state index in [1.807, 2.05) is 29.7 Å². The Kier molecular flexibility index (Phi) is 12.1. The molecule has 3 aromatic rings. The number of pyridine rings is 1. The summed E-state index contributed by atoms with van der Waals surface area (Å²) in [4.78, 5) is 4.82. The van der Waals surface area contributed by atoms with Gasteiger partial charge in [-0.1, -0.05) is 42.8 Å². The first-order valence-electron chi connectivity index (χ1n) is 13.2. The number of thioether (sulfide) groups is 2. The van der Waals surface area contributed by atoms with Crippen molar-refractivity contribution < 1.29 is 23.7 Å². The van der Waals surface area contributed by atoms with Crippen molar-refractivity contribution in [2.24, 2.45) is 0 Å². The van der Waals surface area contributed by atoms with Crippen LogP contribution in [0.1, 0.15) is 47.9 Å².